The van der Waals surface area contributed by atoms with Crippen LogP contribution in [0, 0.1) is 0 Å². The van der Waals surface area contributed by atoms with E-state index in [4.69, 9.17) is 9.97 Å². The first kappa shape index (κ1) is 35.2. The van der Waals surface area contributed by atoms with Crippen LogP contribution in [0.5, 0.6) is 0 Å². The van der Waals surface area contributed by atoms with E-state index in [9.17, 15) is 0 Å². The summed E-state index contributed by atoms with van der Waals surface area (Å²) >= 11 is 0. The normalized spacial score (nSPS) is 11.8. The van der Waals surface area contributed by atoms with Gasteiger partial charge < -0.3 is 9.13 Å². The smallest absolute Gasteiger partial charge is 0.162 e. The summed E-state index contributed by atoms with van der Waals surface area (Å²) in [5, 5.41) is 7.05. The number of fused-ring (bicyclic) bond motifs is 9. The monoisotopic (exact) mass is 803 g/mol. The van der Waals surface area contributed by atoms with Gasteiger partial charge in [0.2, 0.25) is 0 Å². The van der Waals surface area contributed by atoms with Gasteiger partial charge in [-0.05, 0) is 59.7 Å². The highest BCUT2D eigenvalue weighted by molar-refractivity contribution is 6.14. The van der Waals surface area contributed by atoms with E-state index >= 15 is 0 Å². The number of pyridine rings is 2. The summed E-state index contributed by atoms with van der Waals surface area (Å²) in [5.74, 6) is 0.812. The first-order chi connectivity index (χ1) is 31.3. The van der Waals surface area contributed by atoms with Crippen LogP contribution in [0.25, 0.3) is 116 Å². The molecule has 5 aromatic heterocycles. The molecule has 0 aliphatic heterocycles. The maximum Gasteiger partial charge on any atom is 0.162 e. The van der Waals surface area contributed by atoms with Crippen LogP contribution in [-0.4, -0.2) is 23.7 Å². The molecule has 0 fully saturated rings. The van der Waals surface area contributed by atoms with Crippen molar-refractivity contribution in [3.8, 4) is 50.8 Å². The molecule has 0 radical (unpaired) electrons. The summed E-state index contributed by atoms with van der Waals surface area (Å²) in [6.45, 7) is 0. The number of nitrogens with zero attached hydrogens (tertiary/aromatic N) is 5. The first-order valence-corrected chi connectivity index (χ1v) is 21.4. The maximum atomic E-state index is 5.74. The largest absolute Gasteiger partial charge is 0.307 e. The van der Waals surface area contributed by atoms with Crippen LogP contribution in [0.1, 0.15) is 0 Å². The Kier molecular flexibility index (Phi) is 7.84. The molecule has 13 rings (SSSR count). The fourth-order valence-electron chi connectivity index (χ4n) is 9.99. The van der Waals surface area contributed by atoms with Crippen LogP contribution in [0.15, 0.2) is 225 Å². The minimum absolute atomic E-state index is 0.812. The number of rotatable bonds is 6. The molecule has 5 nitrogen and oxygen atoms in total. The molecule has 13 aromatic rings. The molecule has 0 N–H and O–H groups in total. The van der Waals surface area contributed by atoms with Crippen LogP contribution in [0.2, 0.25) is 0 Å². The van der Waals surface area contributed by atoms with E-state index in [1.165, 1.54) is 32.3 Å². The van der Waals surface area contributed by atoms with Crippen molar-refractivity contribution < 1.29 is 0 Å². The van der Waals surface area contributed by atoms with E-state index in [2.05, 4.69) is 238 Å². The van der Waals surface area contributed by atoms with Gasteiger partial charge in [0.15, 0.2) is 5.82 Å². The van der Waals surface area contributed by atoms with E-state index in [0.29, 0.717) is 0 Å². The number of hydrogen-bond donors (Lipinski definition) is 0. The summed E-state index contributed by atoms with van der Waals surface area (Å²) in [6.07, 6.45) is 2.09. The predicted octanol–water partition coefficient (Wildman–Crippen LogP) is 14.8. The summed E-state index contributed by atoms with van der Waals surface area (Å²) in [5.41, 5.74) is 14.4. The summed E-state index contributed by atoms with van der Waals surface area (Å²) in [7, 11) is 0. The lowest BCUT2D eigenvalue weighted by molar-refractivity contribution is 1.01. The van der Waals surface area contributed by atoms with Gasteiger partial charge >= 0.3 is 0 Å². The van der Waals surface area contributed by atoms with Gasteiger partial charge in [-0.15, -0.1) is 0 Å². The molecular formula is C58H37N5. The second-order valence-corrected chi connectivity index (χ2v) is 16.2. The van der Waals surface area contributed by atoms with Crippen molar-refractivity contribution in [2.75, 3.05) is 0 Å². The molecule has 0 saturated carbocycles. The van der Waals surface area contributed by atoms with Gasteiger partial charge in [-0.3, -0.25) is 4.57 Å². The summed E-state index contributed by atoms with van der Waals surface area (Å²) in [6, 6.07) is 78.0. The molecule has 0 saturated heterocycles. The standard InChI is InChI=1S/C58H37N5/c1-3-19-38(20-4-1)40-35-47(39-21-5-2-6-22-39)60-48(36-40)56-55(61-49-29-13-7-23-41(49)42-24-8-14-30-50(42)61)37-59-58(63-53-33-17-11-27-45(53)46-28-12-18-34-54(46)63)57(56)62-51-31-15-9-25-43(51)44-26-10-16-32-52(44)62/h1-37H. The van der Waals surface area contributed by atoms with Crippen molar-refractivity contribution in [1.29, 1.82) is 0 Å². The van der Waals surface area contributed by atoms with E-state index in [0.717, 1.165) is 83.9 Å². The Morgan fingerprint density at radius 1 is 0.302 bits per heavy atom. The Bertz CT molecular complexity index is 3690. The van der Waals surface area contributed by atoms with Gasteiger partial charge in [0, 0.05) is 37.9 Å². The second kappa shape index (κ2) is 14.0. The average molecular weight is 804 g/mol. The molecule has 5 heterocycles. The van der Waals surface area contributed by atoms with Crippen molar-refractivity contribution in [2.45, 2.75) is 0 Å². The van der Waals surface area contributed by atoms with Gasteiger partial charge in [0.1, 0.15) is 5.69 Å². The van der Waals surface area contributed by atoms with Crippen LogP contribution >= 0.6 is 0 Å². The van der Waals surface area contributed by atoms with Crippen molar-refractivity contribution in [2.24, 2.45) is 0 Å². The Hall–Kier alpha value is -8.54. The third kappa shape index (κ3) is 5.36. The number of hydrogen-bond acceptors (Lipinski definition) is 2. The summed E-state index contributed by atoms with van der Waals surface area (Å²) in [4.78, 5) is 11.4. The molecule has 0 bridgehead atoms. The Morgan fingerprint density at radius 3 is 1.13 bits per heavy atom. The van der Waals surface area contributed by atoms with Gasteiger partial charge in [-0.2, -0.15) is 0 Å². The molecule has 0 atom stereocenters. The fraction of sp³-hybridized carbons (Fsp3) is 0. The van der Waals surface area contributed by atoms with Crippen molar-refractivity contribution in [3.63, 3.8) is 0 Å². The lowest BCUT2D eigenvalue weighted by Crippen LogP contribution is -2.12. The van der Waals surface area contributed by atoms with Gasteiger partial charge in [0.25, 0.3) is 0 Å². The van der Waals surface area contributed by atoms with Gasteiger partial charge in [-0.1, -0.05) is 170 Å². The van der Waals surface area contributed by atoms with Crippen LogP contribution < -0.4 is 0 Å². The highest BCUT2D eigenvalue weighted by atomic mass is 15.1. The minimum Gasteiger partial charge on any atom is -0.307 e. The van der Waals surface area contributed by atoms with Crippen LogP contribution in [0.3, 0.4) is 0 Å². The molecular weight excluding hydrogens is 767 g/mol. The fourth-order valence-corrected chi connectivity index (χ4v) is 9.99. The van der Waals surface area contributed by atoms with Crippen molar-refractivity contribution in [3.05, 3.63) is 225 Å². The van der Waals surface area contributed by atoms with E-state index in [-0.39, 0.29) is 0 Å². The predicted molar refractivity (Wildman–Crippen MR) is 261 cm³/mol. The van der Waals surface area contributed by atoms with Gasteiger partial charge in [-0.25, -0.2) is 9.97 Å². The van der Waals surface area contributed by atoms with E-state index < -0.39 is 0 Å². The molecule has 0 spiro atoms. The molecule has 294 valence electrons. The Labute approximate surface area is 363 Å². The summed E-state index contributed by atoms with van der Waals surface area (Å²) < 4.78 is 7.21. The second-order valence-electron chi connectivity index (χ2n) is 16.2. The van der Waals surface area contributed by atoms with E-state index in [1.807, 2.05) is 0 Å². The number of aromatic nitrogens is 5. The lowest BCUT2D eigenvalue weighted by atomic mass is 9.98. The zero-order valence-electron chi connectivity index (χ0n) is 34.1. The van der Waals surface area contributed by atoms with Crippen LogP contribution in [0.4, 0.5) is 0 Å². The Morgan fingerprint density at radius 2 is 0.667 bits per heavy atom. The zero-order chi connectivity index (χ0) is 41.4. The van der Waals surface area contributed by atoms with Gasteiger partial charge in [0.05, 0.1) is 61.9 Å². The molecule has 0 aliphatic carbocycles. The van der Waals surface area contributed by atoms with E-state index in [1.54, 1.807) is 0 Å². The number of para-hydroxylation sites is 6. The number of benzene rings is 8. The Balaban J connectivity index is 1.29. The third-order valence-corrected chi connectivity index (χ3v) is 12.7. The molecule has 8 aromatic carbocycles. The lowest BCUT2D eigenvalue weighted by Gasteiger charge is -2.23. The molecule has 0 aliphatic rings. The minimum atomic E-state index is 0.812. The molecule has 0 unspecified atom stereocenters. The highest BCUT2D eigenvalue weighted by Crippen LogP contribution is 2.46. The third-order valence-electron chi connectivity index (χ3n) is 12.7. The molecule has 0 amide bonds. The van der Waals surface area contributed by atoms with Crippen molar-refractivity contribution in [1.82, 2.24) is 23.7 Å². The zero-order valence-corrected chi connectivity index (χ0v) is 34.1. The topological polar surface area (TPSA) is 40.6 Å². The first-order valence-electron chi connectivity index (χ1n) is 21.4. The van der Waals surface area contributed by atoms with Crippen molar-refractivity contribution >= 4 is 65.4 Å². The molecule has 63 heavy (non-hydrogen) atoms. The maximum absolute atomic E-state index is 5.74. The highest BCUT2D eigenvalue weighted by Gasteiger charge is 2.29. The average Bonchev–Trinajstić information content (AvgIpc) is 4.00. The quantitative estimate of drug-likeness (QED) is 0.168. The molecule has 5 heteroatoms. The SMILES string of the molecule is c1ccc(-c2cc(-c3ccccc3)nc(-c3c(-n4c5ccccc5c5ccccc54)cnc(-n4c5ccccc5c5ccccc54)c3-n3c4ccccc4c4ccccc43)c2)cc1. The van der Waals surface area contributed by atoms with Crippen LogP contribution in [-0.2, 0) is 0 Å².